The predicted octanol–water partition coefficient (Wildman–Crippen LogP) is 1.93. The van der Waals surface area contributed by atoms with Crippen molar-refractivity contribution in [1.82, 2.24) is 15.1 Å². The van der Waals surface area contributed by atoms with Gasteiger partial charge in [0, 0.05) is 6.04 Å². The van der Waals surface area contributed by atoms with Gasteiger partial charge in [0.25, 0.3) is 0 Å². The summed E-state index contributed by atoms with van der Waals surface area (Å²) in [6.45, 7) is 7.49. The number of carbonyl (C=O) groups is 1. The molecule has 0 spiro atoms. The van der Waals surface area contributed by atoms with Crippen LogP contribution in [-0.4, -0.2) is 21.7 Å². The van der Waals surface area contributed by atoms with E-state index in [9.17, 15) is 4.79 Å². The summed E-state index contributed by atoms with van der Waals surface area (Å²) in [6, 6.07) is -0.203. The largest absolute Gasteiger partial charge is 0.352 e. The molecule has 0 aliphatic heterocycles. The maximum absolute atomic E-state index is 11.7. The molecule has 5 heteroatoms. The Morgan fingerprint density at radius 3 is 2.53 bits per heavy atom. The molecule has 0 radical (unpaired) electrons. The maximum Gasteiger partial charge on any atom is 0.244 e. The molecule has 0 fully saturated rings. The normalized spacial score (nSPS) is 12.9. The molecular formula is C10H16ClN3O. The zero-order valence-corrected chi connectivity index (χ0v) is 10.2. The molecule has 0 saturated heterocycles. The average Bonchev–Trinajstić information content (AvgIpc) is 2.45. The molecule has 15 heavy (non-hydrogen) atoms. The third-order valence-electron chi connectivity index (χ3n) is 2.16. The molecule has 1 heterocycles. The molecule has 1 rings (SSSR count). The van der Waals surface area contributed by atoms with Crippen LogP contribution in [0, 0.1) is 6.92 Å². The van der Waals surface area contributed by atoms with E-state index in [4.69, 9.17) is 11.6 Å². The van der Waals surface area contributed by atoms with Crippen LogP contribution in [-0.2, 0) is 4.79 Å². The highest BCUT2D eigenvalue weighted by Crippen LogP contribution is 2.17. The van der Waals surface area contributed by atoms with Gasteiger partial charge in [-0.2, -0.15) is 5.10 Å². The quantitative estimate of drug-likeness (QED) is 0.861. The molecule has 4 nitrogen and oxygen atoms in total. The second-order valence-electron chi connectivity index (χ2n) is 3.86. The molecule has 1 atom stereocenters. The lowest BCUT2D eigenvalue weighted by Crippen LogP contribution is -2.36. The van der Waals surface area contributed by atoms with Crippen LogP contribution >= 0.6 is 11.6 Å². The molecule has 0 aromatic carbocycles. The smallest absolute Gasteiger partial charge is 0.244 e. The van der Waals surface area contributed by atoms with E-state index in [0.717, 1.165) is 5.69 Å². The Morgan fingerprint density at radius 1 is 1.53 bits per heavy atom. The molecule has 0 aliphatic rings. The minimum atomic E-state index is -0.333. The van der Waals surface area contributed by atoms with Crippen molar-refractivity contribution in [2.24, 2.45) is 0 Å². The number of hydrogen-bond acceptors (Lipinski definition) is 2. The highest BCUT2D eigenvalue weighted by atomic mass is 35.5. The van der Waals surface area contributed by atoms with Crippen molar-refractivity contribution >= 4 is 17.5 Å². The number of halogens is 1. The van der Waals surface area contributed by atoms with E-state index in [1.54, 1.807) is 17.8 Å². The lowest BCUT2D eigenvalue weighted by molar-refractivity contribution is -0.124. The SMILES string of the molecule is Cc1c(Cl)cnn1C(C)C(=O)NC(C)C. The number of nitrogens with zero attached hydrogens (tertiary/aromatic N) is 2. The summed E-state index contributed by atoms with van der Waals surface area (Å²) in [4.78, 5) is 11.7. The van der Waals surface area contributed by atoms with Gasteiger partial charge in [-0.3, -0.25) is 9.48 Å². The van der Waals surface area contributed by atoms with Crippen LogP contribution in [0.4, 0.5) is 0 Å². The molecule has 1 amide bonds. The van der Waals surface area contributed by atoms with E-state index in [1.165, 1.54) is 0 Å². The van der Waals surface area contributed by atoms with Gasteiger partial charge < -0.3 is 5.32 Å². The van der Waals surface area contributed by atoms with E-state index in [0.29, 0.717) is 5.02 Å². The van der Waals surface area contributed by atoms with E-state index >= 15 is 0 Å². The summed E-state index contributed by atoms with van der Waals surface area (Å²) in [5.41, 5.74) is 0.808. The summed E-state index contributed by atoms with van der Waals surface area (Å²) in [7, 11) is 0. The second kappa shape index (κ2) is 4.66. The number of nitrogens with one attached hydrogen (secondary N) is 1. The summed E-state index contributed by atoms with van der Waals surface area (Å²) < 4.78 is 1.63. The van der Waals surface area contributed by atoms with Crippen molar-refractivity contribution in [3.8, 4) is 0 Å². The van der Waals surface area contributed by atoms with E-state index in [-0.39, 0.29) is 18.0 Å². The predicted molar refractivity (Wildman–Crippen MR) is 60.0 cm³/mol. The van der Waals surface area contributed by atoms with Crippen molar-refractivity contribution in [3.63, 3.8) is 0 Å². The van der Waals surface area contributed by atoms with Gasteiger partial charge in [-0.05, 0) is 27.7 Å². The summed E-state index contributed by atoms with van der Waals surface area (Å²) in [5, 5.41) is 7.48. The van der Waals surface area contributed by atoms with Gasteiger partial charge >= 0.3 is 0 Å². The van der Waals surface area contributed by atoms with Crippen LogP contribution in [0.3, 0.4) is 0 Å². The van der Waals surface area contributed by atoms with Gasteiger partial charge in [0.15, 0.2) is 0 Å². The Hall–Kier alpha value is -1.03. The Balaban J connectivity index is 2.80. The molecule has 0 saturated carbocycles. The maximum atomic E-state index is 11.7. The number of hydrogen-bond donors (Lipinski definition) is 1. The first-order valence-corrected chi connectivity index (χ1v) is 5.31. The van der Waals surface area contributed by atoms with E-state index < -0.39 is 0 Å². The minimum absolute atomic E-state index is 0.0483. The van der Waals surface area contributed by atoms with Crippen LogP contribution in [0.2, 0.25) is 5.02 Å². The minimum Gasteiger partial charge on any atom is -0.352 e. The van der Waals surface area contributed by atoms with Crippen LogP contribution < -0.4 is 5.32 Å². The second-order valence-corrected chi connectivity index (χ2v) is 4.27. The van der Waals surface area contributed by atoms with Crippen molar-refractivity contribution in [2.75, 3.05) is 0 Å². The fourth-order valence-electron chi connectivity index (χ4n) is 1.31. The number of carbonyl (C=O) groups excluding carboxylic acids is 1. The summed E-state index contributed by atoms with van der Waals surface area (Å²) >= 11 is 5.87. The third-order valence-corrected chi connectivity index (χ3v) is 2.53. The monoisotopic (exact) mass is 229 g/mol. The van der Waals surface area contributed by atoms with Crippen LogP contribution in [0.5, 0.6) is 0 Å². The molecule has 1 N–H and O–H groups in total. The summed E-state index contributed by atoms with van der Waals surface area (Å²) in [5.74, 6) is -0.0483. The lowest BCUT2D eigenvalue weighted by Gasteiger charge is -2.16. The molecule has 84 valence electrons. The highest BCUT2D eigenvalue weighted by Gasteiger charge is 2.18. The Labute approximate surface area is 94.6 Å². The van der Waals surface area contributed by atoms with Gasteiger partial charge in [-0.15, -0.1) is 0 Å². The first kappa shape index (κ1) is 12.0. The fraction of sp³-hybridized carbons (Fsp3) is 0.600. The first-order chi connectivity index (χ1) is 6.93. The molecular weight excluding hydrogens is 214 g/mol. The van der Waals surface area contributed by atoms with Crippen LogP contribution in [0.15, 0.2) is 6.20 Å². The lowest BCUT2D eigenvalue weighted by atomic mass is 10.3. The molecule has 0 aliphatic carbocycles. The Kier molecular flexibility index (Phi) is 3.74. The number of rotatable bonds is 3. The van der Waals surface area contributed by atoms with Crippen molar-refractivity contribution < 1.29 is 4.79 Å². The number of amides is 1. The van der Waals surface area contributed by atoms with Gasteiger partial charge in [-0.1, -0.05) is 11.6 Å². The van der Waals surface area contributed by atoms with E-state index in [1.807, 2.05) is 20.8 Å². The number of aromatic nitrogens is 2. The first-order valence-electron chi connectivity index (χ1n) is 4.93. The van der Waals surface area contributed by atoms with Crippen LogP contribution in [0.25, 0.3) is 0 Å². The standard InChI is InChI=1S/C10H16ClN3O/c1-6(2)13-10(15)8(4)14-7(3)9(11)5-12-14/h5-6,8H,1-4H3,(H,13,15). The molecule has 0 bridgehead atoms. The van der Waals surface area contributed by atoms with Crippen molar-refractivity contribution in [2.45, 2.75) is 39.8 Å². The average molecular weight is 230 g/mol. The molecule has 1 aromatic rings. The van der Waals surface area contributed by atoms with Gasteiger partial charge in [-0.25, -0.2) is 0 Å². The Morgan fingerprint density at radius 2 is 2.13 bits per heavy atom. The molecule has 1 unspecified atom stereocenters. The van der Waals surface area contributed by atoms with E-state index in [2.05, 4.69) is 10.4 Å². The zero-order chi connectivity index (χ0) is 11.6. The molecule has 1 aromatic heterocycles. The third kappa shape index (κ3) is 2.72. The van der Waals surface area contributed by atoms with Gasteiger partial charge in [0.05, 0.1) is 16.9 Å². The highest BCUT2D eigenvalue weighted by molar-refractivity contribution is 6.31. The zero-order valence-electron chi connectivity index (χ0n) is 9.41. The summed E-state index contributed by atoms with van der Waals surface area (Å²) in [6.07, 6.45) is 1.55. The fourth-order valence-corrected chi connectivity index (χ4v) is 1.44. The topological polar surface area (TPSA) is 46.9 Å². The van der Waals surface area contributed by atoms with Gasteiger partial charge in [0.1, 0.15) is 6.04 Å². The van der Waals surface area contributed by atoms with Gasteiger partial charge in [0.2, 0.25) is 5.91 Å². The van der Waals surface area contributed by atoms with Crippen molar-refractivity contribution in [1.29, 1.82) is 0 Å². The van der Waals surface area contributed by atoms with Crippen LogP contribution in [0.1, 0.15) is 32.5 Å². The Bertz CT molecular complexity index is 360. The van der Waals surface area contributed by atoms with Crippen molar-refractivity contribution in [3.05, 3.63) is 16.9 Å².